The average Bonchev–Trinajstić information content (AvgIpc) is 3.08. The summed E-state index contributed by atoms with van der Waals surface area (Å²) >= 11 is 1.37. The third-order valence-electron chi connectivity index (χ3n) is 3.28. The molecule has 0 aliphatic carbocycles. The summed E-state index contributed by atoms with van der Waals surface area (Å²) in [5.74, 6) is 1.72. The van der Waals surface area contributed by atoms with Gasteiger partial charge in [-0.15, -0.1) is 10.2 Å². The topological polar surface area (TPSA) is 91.3 Å². The molecule has 1 aromatic heterocycles. The number of non-ortho nitro benzene ring substituents is 1. The van der Waals surface area contributed by atoms with Gasteiger partial charge >= 0.3 is 0 Å². The zero-order valence-electron chi connectivity index (χ0n) is 13.4. The molecule has 3 aromatic rings. The second-order valence-electron chi connectivity index (χ2n) is 5.19. The number of hydrogen-bond donors (Lipinski definition) is 0. The molecule has 0 radical (unpaired) electrons. The van der Waals surface area contributed by atoms with Crippen LogP contribution in [0.3, 0.4) is 0 Å². The van der Waals surface area contributed by atoms with Gasteiger partial charge < -0.3 is 9.15 Å². The van der Waals surface area contributed by atoms with Crippen molar-refractivity contribution in [2.24, 2.45) is 0 Å². The van der Waals surface area contributed by atoms with Crippen LogP contribution in [0.25, 0.3) is 11.5 Å². The van der Waals surface area contributed by atoms with E-state index in [2.05, 4.69) is 10.2 Å². The average molecular weight is 357 g/mol. The van der Waals surface area contributed by atoms with Gasteiger partial charge in [0.15, 0.2) is 0 Å². The standard InChI is InChI=1S/C17H15N3O4S/c1-12-4-2-7-15(10-12)23-8-9-25-17-19-18-16(24-17)13-5-3-6-14(11-13)20(21)22/h2-7,10-11H,8-9H2,1H3. The second-order valence-corrected chi connectivity index (χ2v) is 6.24. The van der Waals surface area contributed by atoms with Gasteiger partial charge in [-0.25, -0.2) is 0 Å². The van der Waals surface area contributed by atoms with E-state index in [-0.39, 0.29) is 11.6 Å². The number of aromatic nitrogens is 2. The smallest absolute Gasteiger partial charge is 0.276 e. The lowest BCUT2D eigenvalue weighted by Crippen LogP contribution is -2.00. The summed E-state index contributed by atoms with van der Waals surface area (Å²) in [6.07, 6.45) is 0. The largest absolute Gasteiger partial charge is 0.493 e. The molecule has 7 nitrogen and oxygen atoms in total. The Balaban J connectivity index is 1.55. The first kappa shape index (κ1) is 17.0. The molecule has 0 saturated carbocycles. The van der Waals surface area contributed by atoms with Crippen LogP contribution in [-0.2, 0) is 0 Å². The predicted octanol–water partition coefficient (Wildman–Crippen LogP) is 4.12. The Morgan fingerprint density at radius 3 is 2.84 bits per heavy atom. The summed E-state index contributed by atoms with van der Waals surface area (Å²) in [5, 5.41) is 19.1. The molecule has 0 bridgehead atoms. The van der Waals surface area contributed by atoms with E-state index in [9.17, 15) is 10.1 Å². The fraction of sp³-hybridized carbons (Fsp3) is 0.176. The zero-order valence-corrected chi connectivity index (χ0v) is 14.2. The molecule has 0 unspecified atom stereocenters. The minimum absolute atomic E-state index is 0.0172. The first-order valence-electron chi connectivity index (χ1n) is 7.52. The van der Waals surface area contributed by atoms with Crippen LogP contribution in [0.1, 0.15) is 5.56 Å². The van der Waals surface area contributed by atoms with Crippen molar-refractivity contribution in [1.82, 2.24) is 10.2 Å². The van der Waals surface area contributed by atoms with Crippen LogP contribution in [0, 0.1) is 17.0 Å². The molecule has 0 aliphatic heterocycles. The maximum atomic E-state index is 10.8. The number of nitro benzene ring substituents is 1. The SMILES string of the molecule is Cc1cccc(OCCSc2nnc(-c3cccc([N+](=O)[O-])c3)o2)c1. The van der Waals surface area contributed by atoms with Crippen LogP contribution in [-0.4, -0.2) is 27.5 Å². The molecule has 0 N–H and O–H groups in total. The van der Waals surface area contributed by atoms with E-state index < -0.39 is 4.92 Å². The van der Waals surface area contributed by atoms with E-state index in [1.807, 2.05) is 31.2 Å². The van der Waals surface area contributed by atoms with Crippen molar-refractivity contribution < 1.29 is 14.1 Å². The van der Waals surface area contributed by atoms with Crippen molar-refractivity contribution in [3.05, 3.63) is 64.2 Å². The van der Waals surface area contributed by atoms with Gasteiger partial charge in [0.05, 0.1) is 11.5 Å². The van der Waals surface area contributed by atoms with E-state index in [4.69, 9.17) is 9.15 Å². The zero-order chi connectivity index (χ0) is 17.6. The quantitative estimate of drug-likeness (QED) is 0.272. The van der Waals surface area contributed by atoms with Crippen molar-refractivity contribution >= 4 is 17.4 Å². The minimum Gasteiger partial charge on any atom is -0.493 e. The Hall–Kier alpha value is -2.87. The van der Waals surface area contributed by atoms with Gasteiger partial charge in [-0.05, 0) is 30.7 Å². The molecule has 0 atom stereocenters. The fourth-order valence-corrected chi connectivity index (χ4v) is 2.71. The third kappa shape index (κ3) is 4.57. The van der Waals surface area contributed by atoms with Crippen LogP contribution in [0.5, 0.6) is 5.75 Å². The van der Waals surface area contributed by atoms with Crippen LogP contribution in [0.2, 0.25) is 0 Å². The molecule has 1 heterocycles. The highest BCUT2D eigenvalue weighted by molar-refractivity contribution is 7.99. The first-order valence-corrected chi connectivity index (χ1v) is 8.51. The molecule has 0 fully saturated rings. The first-order chi connectivity index (χ1) is 12.1. The predicted molar refractivity (Wildman–Crippen MR) is 93.8 cm³/mol. The third-order valence-corrected chi connectivity index (χ3v) is 4.06. The Kier molecular flexibility index (Phi) is 5.30. The van der Waals surface area contributed by atoms with Crippen LogP contribution < -0.4 is 4.74 Å². The molecule has 0 amide bonds. The van der Waals surface area contributed by atoms with E-state index in [1.165, 1.54) is 23.9 Å². The van der Waals surface area contributed by atoms with Crippen molar-refractivity contribution in [3.63, 3.8) is 0 Å². The lowest BCUT2D eigenvalue weighted by atomic mass is 10.2. The summed E-state index contributed by atoms with van der Waals surface area (Å²) < 4.78 is 11.2. The maximum Gasteiger partial charge on any atom is 0.276 e. The number of nitrogens with zero attached hydrogens (tertiary/aromatic N) is 3. The highest BCUT2D eigenvalue weighted by atomic mass is 32.2. The molecular weight excluding hydrogens is 342 g/mol. The second kappa shape index (κ2) is 7.80. The Morgan fingerprint density at radius 2 is 2.04 bits per heavy atom. The number of ether oxygens (including phenoxy) is 1. The fourth-order valence-electron chi connectivity index (χ4n) is 2.13. The summed E-state index contributed by atoms with van der Waals surface area (Å²) in [5.41, 5.74) is 1.64. The molecule has 0 spiro atoms. The molecule has 128 valence electrons. The number of nitro groups is 1. The van der Waals surface area contributed by atoms with Crippen LogP contribution in [0.4, 0.5) is 5.69 Å². The molecular formula is C17H15N3O4S. The molecule has 25 heavy (non-hydrogen) atoms. The van der Waals surface area contributed by atoms with Gasteiger partial charge in [0.1, 0.15) is 5.75 Å². The lowest BCUT2D eigenvalue weighted by molar-refractivity contribution is -0.384. The Labute approximate surface area is 148 Å². The summed E-state index contributed by atoms with van der Waals surface area (Å²) in [4.78, 5) is 10.4. The number of hydrogen-bond acceptors (Lipinski definition) is 7. The maximum absolute atomic E-state index is 10.8. The van der Waals surface area contributed by atoms with Crippen molar-refractivity contribution in [2.75, 3.05) is 12.4 Å². The highest BCUT2D eigenvalue weighted by Gasteiger charge is 2.13. The molecule has 0 saturated heterocycles. The number of rotatable bonds is 7. The monoisotopic (exact) mass is 357 g/mol. The molecule has 2 aromatic carbocycles. The Morgan fingerprint density at radius 1 is 1.20 bits per heavy atom. The summed E-state index contributed by atoms with van der Waals surface area (Å²) in [6, 6.07) is 13.9. The molecule has 0 aliphatic rings. The lowest BCUT2D eigenvalue weighted by Gasteiger charge is -2.05. The van der Waals surface area contributed by atoms with Gasteiger partial charge in [-0.1, -0.05) is 30.0 Å². The highest BCUT2D eigenvalue weighted by Crippen LogP contribution is 2.25. The summed E-state index contributed by atoms with van der Waals surface area (Å²) in [7, 11) is 0. The van der Waals surface area contributed by atoms with E-state index in [1.54, 1.807) is 12.1 Å². The van der Waals surface area contributed by atoms with E-state index in [0.29, 0.717) is 23.1 Å². The van der Waals surface area contributed by atoms with Crippen LogP contribution >= 0.6 is 11.8 Å². The minimum atomic E-state index is -0.460. The van der Waals surface area contributed by atoms with Crippen LogP contribution in [0.15, 0.2) is 58.2 Å². The van der Waals surface area contributed by atoms with E-state index in [0.717, 1.165) is 11.3 Å². The van der Waals surface area contributed by atoms with Gasteiger partial charge in [-0.2, -0.15) is 0 Å². The van der Waals surface area contributed by atoms with Crippen molar-refractivity contribution in [2.45, 2.75) is 12.1 Å². The normalized spacial score (nSPS) is 10.6. The van der Waals surface area contributed by atoms with Crippen molar-refractivity contribution in [3.8, 4) is 17.2 Å². The van der Waals surface area contributed by atoms with Gasteiger partial charge in [0, 0.05) is 23.4 Å². The Bertz CT molecular complexity index is 882. The van der Waals surface area contributed by atoms with Gasteiger partial charge in [0.25, 0.3) is 10.9 Å². The molecule has 8 heteroatoms. The number of aryl methyl sites for hydroxylation is 1. The molecule has 3 rings (SSSR count). The summed E-state index contributed by atoms with van der Waals surface area (Å²) in [6.45, 7) is 2.51. The number of benzene rings is 2. The van der Waals surface area contributed by atoms with Crippen molar-refractivity contribution in [1.29, 1.82) is 0 Å². The van der Waals surface area contributed by atoms with E-state index >= 15 is 0 Å². The van der Waals surface area contributed by atoms with Gasteiger partial charge in [0.2, 0.25) is 5.89 Å². The number of thioether (sulfide) groups is 1. The van der Waals surface area contributed by atoms with Gasteiger partial charge in [-0.3, -0.25) is 10.1 Å².